The number of nitrogens with zero attached hydrogens (tertiary/aromatic N) is 1. The third kappa shape index (κ3) is 7.42. The van der Waals surface area contributed by atoms with Crippen LogP contribution in [0.3, 0.4) is 0 Å². The van der Waals surface area contributed by atoms with Gasteiger partial charge in [0.2, 0.25) is 15.9 Å². The highest BCUT2D eigenvalue weighted by molar-refractivity contribution is 7.92. The largest absolute Gasteiger partial charge is 0.494 e. The fraction of sp³-hybridized carbons (Fsp3) is 0.350. The van der Waals surface area contributed by atoms with Crippen molar-refractivity contribution in [1.29, 1.82) is 0 Å². The molecule has 1 N–H and O–H groups in total. The Kier molecular flexibility index (Phi) is 8.61. The molecule has 29 heavy (non-hydrogen) atoms. The number of para-hydroxylation sites is 1. The molecule has 0 unspecified atom stereocenters. The number of amides is 1. The summed E-state index contributed by atoms with van der Waals surface area (Å²) in [6, 6.07) is 12.2. The minimum atomic E-state index is -3.69. The second-order valence-corrected chi connectivity index (χ2v) is 9.17. The van der Waals surface area contributed by atoms with Crippen LogP contribution >= 0.6 is 23.2 Å². The van der Waals surface area contributed by atoms with Crippen LogP contribution in [0.4, 0.5) is 5.69 Å². The summed E-state index contributed by atoms with van der Waals surface area (Å²) < 4.78 is 30.9. The maximum absolute atomic E-state index is 12.3. The number of ether oxygens (including phenoxy) is 1. The van der Waals surface area contributed by atoms with Gasteiger partial charge in [-0.2, -0.15) is 0 Å². The van der Waals surface area contributed by atoms with Gasteiger partial charge in [0.15, 0.2) is 0 Å². The SMILES string of the molecule is CCOc1ccccc1CCCNC(=O)CN(c1cc(Cl)cc(Cl)c1)S(C)(=O)=O. The fourth-order valence-electron chi connectivity index (χ4n) is 2.78. The molecular weight excluding hydrogens is 435 g/mol. The van der Waals surface area contributed by atoms with Crippen LogP contribution in [0.2, 0.25) is 10.0 Å². The average molecular weight is 459 g/mol. The number of rotatable bonds is 10. The van der Waals surface area contributed by atoms with Crippen molar-refractivity contribution in [1.82, 2.24) is 5.32 Å². The first-order valence-electron chi connectivity index (χ1n) is 9.12. The predicted molar refractivity (Wildman–Crippen MR) is 118 cm³/mol. The van der Waals surface area contributed by atoms with Gasteiger partial charge in [0.1, 0.15) is 12.3 Å². The highest BCUT2D eigenvalue weighted by Gasteiger charge is 2.21. The fourth-order valence-corrected chi connectivity index (χ4v) is 4.14. The lowest BCUT2D eigenvalue weighted by Gasteiger charge is -2.22. The molecule has 0 aliphatic carbocycles. The summed E-state index contributed by atoms with van der Waals surface area (Å²) in [5.41, 5.74) is 1.31. The predicted octanol–water partition coefficient (Wildman–Crippen LogP) is 3.91. The third-order valence-electron chi connectivity index (χ3n) is 4.04. The number of hydrogen-bond acceptors (Lipinski definition) is 4. The molecule has 0 atom stereocenters. The van der Waals surface area contributed by atoms with Crippen LogP contribution in [-0.4, -0.2) is 40.3 Å². The summed E-state index contributed by atoms with van der Waals surface area (Å²) in [6.45, 7) is 2.57. The number of aryl methyl sites for hydroxylation is 1. The lowest BCUT2D eigenvalue weighted by molar-refractivity contribution is -0.119. The lowest BCUT2D eigenvalue weighted by atomic mass is 10.1. The zero-order valence-electron chi connectivity index (χ0n) is 16.3. The van der Waals surface area contributed by atoms with Crippen molar-refractivity contribution in [3.63, 3.8) is 0 Å². The van der Waals surface area contributed by atoms with Crippen molar-refractivity contribution < 1.29 is 17.9 Å². The van der Waals surface area contributed by atoms with Crippen LogP contribution in [-0.2, 0) is 21.2 Å². The minimum absolute atomic E-state index is 0.241. The standard InChI is InChI=1S/C20H24Cl2N2O4S/c1-3-28-19-9-5-4-7-15(19)8-6-10-23-20(25)14-24(29(2,26)27)18-12-16(21)11-17(22)13-18/h4-5,7,9,11-13H,3,6,8,10,14H2,1-2H3,(H,23,25). The van der Waals surface area contributed by atoms with Crippen molar-refractivity contribution >= 4 is 44.8 Å². The molecule has 0 fully saturated rings. The molecule has 0 aliphatic heterocycles. The summed E-state index contributed by atoms with van der Waals surface area (Å²) in [6.07, 6.45) is 2.45. The molecule has 0 bridgehead atoms. The Hall–Kier alpha value is -1.96. The molecule has 1 amide bonds. The molecule has 0 saturated heterocycles. The Morgan fingerprint density at radius 2 is 1.79 bits per heavy atom. The molecule has 0 radical (unpaired) electrons. The topological polar surface area (TPSA) is 75.7 Å². The third-order valence-corrected chi connectivity index (χ3v) is 5.62. The zero-order chi connectivity index (χ0) is 21.4. The van der Waals surface area contributed by atoms with Crippen molar-refractivity contribution in [3.8, 4) is 5.75 Å². The Balaban J connectivity index is 1.94. The molecule has 158 valence electrons. The van der Waals surface area contributed by atoms with Gasteiger partial charge in [-0.3, -0.25) is 9.10 Å². The van der Waals surface area contributed by atoms with Crippen LogP contribution in [0.5, 0.6) is 5.75 Å². The monoisotopic (exact) mass is 458 g/mol. The summed E-state index contributed by atoms with van der Waals surface area (Å²) in [5.74, 6) is 0.423. The number of carbonyl (C=O) groups excluding carboxylic acids is 1. The number of carbonyl (C=O) groups is 1. The quantitative estimate of drug-likeness (QED) is 0.547. The van der Waals surface area contributed by atoms with E-state index in [4.69, 9.17) is 27.9 Å². The van der Waals surface area contributed by atoms with E-state index >= 15 is 0 Å². The Bertz CT molecular complexity index is 931. The van der Waals surface area contributed by atoms with E-state index in [0.29, 0.717) is 19.6 Å². The Morgan fingerprint density at radius 1 is 1.14 bits per heavy atom. The molecule has 2 rings (SSSR count). The van der Waals surface area contributed by atoms with Crippen LogP contribution in [0.25, 0.3) is 0 Å². The first-order chi connectivity index (χ1) is 13.7. The van der Waals surface area contributed by atoms with E-state index in [1.807, 2.05) is 31.2 Å². The Labute approximate surface area is 181 Å². The van der Waals surface area contributed by atoms with E-state index < -0.39 is 15.9 Å². The van der Waals surface area contributed by atoms with E-state index in [-0.39, 0.29) is 22.3 Å². The van der Waals surface area contributed by atoms with Crippen LogP contribution in [0.15, 0.2) is 42.5 Å². The second kappa shape index (κ2) is 10.7. The molecule has 0 saturated carbocycles. The van der Waals surface area contributed by atoms with Crippen LogP contribution < -0.4 is 14.4 Å². The van der Waals surface area contributed by atoms with Crippen molar-refractivity contribution in [2.45, 2.75) is 19.8 Å². The molecule has 0 spiro atoms. The van der Waals surface area contributed by atoms with Gasteiger partial charge in [0, 0.05) is 16.6 Å². The minimum Gasteiger partial charge on any atom is -0.494 e. The highest BCUT2D eigenvalue weighted by atomic mass is 35.5. The van der Waals surface area contributed by atoms with E-state index in [1.54, 1.807) is 0 Å². The van der Waals surface area contributed by atoms with Crippen molar-refractivity contribution in [3.05, 3.63) is 58.1 Å². The molecule has 0 heterocycles. The van der Waals surface area contributed by atoms with Gasteiger partial charge in [-0.1, -0.05) is 41.4 Å². The van der Waals surface area contributed by atoms with Gasteiger partial charge < -0.3 is 10.1 Å². The molecule has 0 aromatic heterocycles. The number of anilines is 1. The molecular formula is C20H24Cl2N2O4S. The number of nitrogens with one attached hydrogen (secondary N) is 1. The van der Waals surface area contributed by atoms with Crippen LogP contribution in [0.1, 0.15) is 18.9 Å². The highest BCUT2D eigenvalue weighted by Crippen LogP contribution is 2.27. The van der Waals surface area contributed by atoms with E-state index in [1.165, 1.54) is 18.2 Å². The maximum Gasteiger partial charge on any atom is 0.240 e. The first-order valence-corrected chi connectivity index (χ1v) is 11.7. The van der Waals surface area contributed by atoms with Gasteiger partial charge in [-0.15, -0.1) is 0 Å². The maximum atomic E-state index is 12.3. The molecule has 2 aromatic carbocycles. The summed E-state index contributed by atoms with van der Waals surface area (Å²) in [5, 5.41) is 3.33. The van der Waals surface area contributed by atoms with E-state index in [0.717, 1.165) is 28.3 Å². The van der Waals surface area contributed by atoms with Gasteiger partial charge in [0.05, 0.1) is 18.6 Å². The summed E-state index contributed by atoms with van der Waals surface area (Å²) >= 11 is 11.9. The van der Waals surface area contributed by atoms with Gasteiger partial charge in [-0.25, -0.2) is 8.42 Å². The normalized spacial score (nSPS) is 11.2. The summed E-state index contributed by atoms with van der Waals surface area (Å²) in [4.78, 5) is 12.3. The average Bonchev–Trinajstić information content (AvgIpc) is 2.63. The molecule has 6 nitrogen and oxygen atoms in total. The van der Waals surface area contributed by atoms with E-state index in [2.05, 4.69) is 5.32 Å². The number of halogens is 2. The molecule has 0 aliphatic rings. The van der Waals surface area contributed by atoms with Crippen LogP contribution in [0, 0.1) is 0 Å². The summed E-state index contributed by atoms with van der Waals surface area (Å²) in [7, 11) is -3.69. The second-order valence-electron chi connectivity index (χ2n) is 6.39. The zero-order valence-corrected chi connectivity index (χ0v) is 18.6. The van der Waals surface area contributed by atoms with Gasteiger partial charge in [-0.05, 0) is 49.6 Å². The number of sulfonamides is 1. The van der Waals surface area contributed by atoms with Crippen molar-refractivity contribution in [2.75, 3.05) is 30.3 Å². The lowest BCUT2D eigenvalue weighted by Crippen LogP contribution is -2.40. The smallest absolute Gasteiger partial charge is 0.240 e. The molecule has 2 aromatic rings. The molecule has 9 heteroatoms. The van der Waals surface area contributed by atoms with Crippen molar-refractivity contribution in [2.24, 2.45) is 0 Å². The van der Waals surface area contributed by atoms with Gasteiger partial charge >= 0.3 is 0 Å². The first kappa shape index (κ1) is 23.3. The van der Waals surface area contributed by atoms with Gasteiger partial charge in [0.25, 0.3) is 0 Å². The number of hydrogen-bond donors (Lipinski definition) is 1. The number of benzene rings is 2. The Morgan fingerprint density at radius 3 is 2.41 bits per heavy atom. The van der Waals surface area contributed by atoms with E-state index in [9.17, 15) is 13.2 Å².